The van der Waals surface area contributed by atoms with Crippen molar-refractivity contribution in [2.24, 2.45) is 0 Å². The van der Waals surface area contributed by atoms with Gasteiger partial charge in [0.1, 0.15) is 18.5 Å². The summed E-state index contributed by atoms with van der Waals surface area (Å²) in [5, 5.41) is 18.0. The maximum atomic E-state index is 9.52. The predicted octanol–water partition coefficient (Wildman–Crippen LogP) is -0.487. The molecular weight excluding hydrogens is 208 g/mol. The van der Waals surface area contributed by atoms with Gasteiger partial charge in [0.05, 0.1) is 6.61 Å². The van der Waals surface area contributed by atoms with Gasteiger partial charge < -0.3 is 14.9 Å². The second-order valence-corrected chi connectivity index (χ2v) is 3.31. The maximum Gasteiger partial charge on any atom is 0.119 e. The monoisotopic (exact) mass is 226 g/mol. The van der Waals surface area contributed by atoms with Gasteiger partial charge in [-0.05, 0) is 12.1 Å². The topological polar surface area (TPSA) is 73.8 Å². The van der Waals surface area contributed by atoms with Gasteiger partial charge in [-0.1, -0.05) is 18.2 Å². The van der Waals surface area contributed by atoms with Crippen LogP contribution in [0.3, 0.4) is 0 Å². The van der Waals surface area contributed by atoms with E-state index in [9.17, 15) is 5.11 Å². The van der Waals surface area contributed by atoms with Gasteiger partial charge in [0.15, 0.2) is 0 Å². The molecule has 90 valence electrons. The molecular formula is C11H18N2O3. The molecule has 0 aliphatic heterocycles. The molecule has 16 heavy (non-hydrogen) atoms. The number of hydrogen-bond donors (Lipinski definition) is 4. The highest BCUT2D eigenvalue weighted by Gasteiger charge is 2.03. The van der Waals surface area contributed by atoms with Gasteiger partial charge in [-0.25, -0.2) is 0 Å². The minimum Gasteiger partial charge on any atom is -0.491 e. The largest absolute Gasteiger partial charge is 0.491 e. The van der Waals surface area contributed by atoms with Crippen molar-refractivity contribution >= 4 is 0 Å². The molecule has 0 bridgehead atoms. The lowest BCUT2D eigenvalue weighted by Gasteiger charge is -2.13. The smallest absolute Gasteiger partial charge is 0.119 e. The average Bonchev–Trinajstić information content (AvgIpc) is 2.33. The summed E-state index contributed by atoms with van der Waals surface area (Å²) in [5.74, 6) is 0.741. The highest BCUT2D eigenvalue weighted by atomic mass is 16.5. The standard InChI is InChI=1S/C11H18N2O3/c14-7-6-12-13-8-10(15)9-16-11-4-2-1-3-5-11/h1-5,10,12-15H,6-9H2. The molecule has 0 saturated carbocycles. The van der Waals surface area contributed by atoms with Gasteiger partial charge in [0, 0.05) is 13.1 Å². The molecule has 1 atom stereocenters. The van der Waals surface area contributed by atoms with Crippen molar-refractivity contribution in [2.45, 2.75) is 6.10 Å². The fraction of sp³-hybridized carbons (Fsp3) is 0.455. The molecule has 0 aliphatic rings. The Bertz CT molecular complexity index is 269. The first-order valence-electron chi connectivity index (χ1n) is 5.25. The molecule has 0 heterocycles. The molecule has 1 aromatic carbocycles. The molecule has 0 radical (unpaired) electrons. The lowest BCUT2D eigenvalue weighted by Crippen LogP contribution is -2.41. The van der Waals surface area contributed by atoms with Crippen molar-refractivity contribution in [1.82, 2.24) is 10.9 Å². The van der Waals surface area contributed by atoms with Crippen LogP contribution in [0.15, 0.2) is 30.3 Å². The summed E-state index contributed by atoms with van der Waals surface area (Å²) in [6, 6.07) is 9.34. The molecule has 5 heteroatoms. The zero-order valence-corrected chi connectivity index (χ0v) is 9.10. The molecule has 0 aliphatic carbocycles. The Balaban J connectivity index is 2.08. The van der Waals surface area contributed by atoms with E-state index in [4.69, 9.17) is 9.84 Å². The van der Waals surface area contributed by atoms with Crippen LogP contribution in [-0.4, -0.2) is 42.6 Å². The SMILES string of the molecule is OCCNNCC(O)COc1ccccc1. The number of rotatable bonds is 8. The minimum absolute atomic E-state index is 0.0591. The highest BCUT2D eigenvalue weighted by molar-refractivity contribution is 5.20. The van der Waals surface area contributed by atoms with Crippen LogP contribution in [0.5, 0.6) is 5.75 Å². The van der Waals surface area contributed by atoms with Crippen molar-refractivity contribution in [2.75, 3.05) is 26.3 Å². The number of nitrogens with one attached hydrogen (secondary N) is 2. The molecule has 5 nitrogen and oxygen atoms in total. The van der Waals surface area contributed by atoms with E-state index in [2.05, 4.69) is 10.9 Å². The number of hydrazine groups is 1. The van der Waals surface area contributed by atoms with Crippen LogP contribution in [0, 0.1) is 0 Å². The maximum absolute atomic E-state index is 9.52. The van der Waals surface area contributed by atoms with E-state index in [-0.39, 0.29) is 13.2 Å². The summed E-state index contributed by atoms with van der Waals surface area (Å²) in [4.78, 5) is 0. The number of benzene rings is 1. The van der Waals surface area contributed by atoms with Crippen LogP contribution < -0.4 is 15.6 Å². The van der Waals surface area contributed by atoms with Gasteiger partial charge in [-0.2, -0.15) is 0 Å². The quantitative estimate of drug-likeness (QED) is 0.356. The van der Waals surface area contributed by atoms with Crippen LogP contribution >= 0.6 is 0 Å². The Morgan fingerprint density at radius 1 is 1.19 bits per heavy atom. The molecule has 1 aromatic rings. The van der Waals surface area contributed by atoms with Crippen molar-refractivity contribution in [3.05, 3.63) is 30.3 Å². The molecule has 0 fully saturated rings. The molecule has 4 N–H and O–H groups in total. The van der Waals surface area contributed by atoms with Gasteiger partial charge in [0.2, 0.25) is 0 Å². The van der Waals surface area contributed by atoms with E-state index < -0.39 is 6.10 Å². The number of ether oxygens (including phenoxy) is 1. The lowest BCUT2D eigenvalue weighted by atomic mass is 10.3. The summed E-state index contributed by atoms with van der Waals surface area (Å²) >= 11 is 0. The zero-order chi connectivity index (χ0) is 11.6. The number of aliphatic hydroxyl groups is 2. The van der Waals surface area contributed by atoms with Gasteiger partial charge in [-0.15, -0.1) is 0 Å². The Labute approximate surface area is 95.0 Å². The first-order valence-corrected chi connectivity index (χ1v) is 5.25. The van der Waals surface area contributed by atoms with E-state index in [0.29, 0.717) is 13.1 Å². The molecule has 0 aromatic heterocycles. The second-order valence-electron chi connectivity index (χ2n) is 3.31. The van der Waals surface area contributed by atoms with E-state index in [1.807, 2.05) is 30.3 Å². The Kier molecular flexibility index (Phi) is 6.52. The van der Waals surface area contributed by atoms with Crippen LogP contribution in [0.2, 0.25) is 0 Å². The third-order valence-electron chi connectivity index (χ3n) is 1.89. The summed E-state index contributed by atoms with van der Waals surface area (Å²) < 4.78 is 5.36. The fourth-order valence-corrected chi connectivity index (χ4v) is 1.10. The van der Waals surface area contributed by atoms with E-state index in [1.54, 1.807) is 0 Å². The Morgan fingerprint density at radius 3 is 2.62 bits per heavy atom. The fourth-order valence-electron chi connectivity index (χ4n) is 1.10. The highest BCUT2D eigenvalue weighted by Crippen LogP contribution is 2.08. The molecule has 0 spiro atoms. The summed E-state index contributed by atoms with van der Waals surface area (Å²) in [6.07, 6.45) is -0.591. The van der Waals surface area contributed by atoms with Gasteiger partial charge >= 0.3 is 0 Å². The van der Waals surface area contributed by atoms with E-state index in [0.717, 1.165) is 5.75 Å². The number of aliphatic hydroxyl groups excluding tert-OH is 2. The molecule has 1 rings (SSSR count). The normalized spacial score (nSPS) is 12.4. The van der Waals surface area contributed by atoms with Crippen LogP contribution in [0.25, 0.3) is 0 Å². The minimum atomic E-state index is -0.591. The lowest BCUT2D eigenvalue weighted by molar-refractivity contribution is 0.102. The first kappa shape index (κ1) is 12.9. The Morgan fingerprint density at radius 2 is 1.94 bits per heavy atom. The number of para-hydroxylation sites is 1. The van der Waals surface area contributed by atoms with Crippen molar-refractivity contribution in [1.29, 1.82) is 0 Å². The van der Waals surface area contributed by atoms with Crippen LogP contribution in [0.4, 0.5) is 0 Å². The summed E-state index contributed by atoms with van der Waals surface area (Å²) in [5.41, 5.74) is 5.53. The van der Waals surface area contributed by atoms with Crippen molar-refractivity contribution in [3.63, 3.8) is 0 Å². The predicted molar refractivity (Wildman–Crippen MR) is 61.0 cm³/mol. The van der Waals surface area contributed by atoms with Crippen molar-refractivity contribution < 1.29 is 14.9 Å². The summed E-state index contributed by atoms with van der Waals surface area (Å²) in [7, 11) is 0. The van der Waals surface area contributed by atoms with Crippen LogP contribution in [-0.2, 0) is 0 Å². The average molecular weight is 226 g/mol. The van der Waals surface area contributed by atoms with E-state index >= 15 is 0 Å². The zero-order valence-electron chi connectivity index (χ0n) is 9.10. The second kappa shape index (κ2) is 8.06. The van der Waals surface area contributed by atoms with E-state index in [1.165, 1.54) is 0 Å². The van der Waals surface area contributed by atoms with Crippen LogP contribution in [0.1, 0.15) is 0 Å². The Hall–Kier alpha value is -1.14. The molecule has 1 unspecified atom stereocenters. The number of hydrogen-bond acceptors (Lipinski definition) is 5. The first-order chi connectivity index (χ1) is 7.83. The van der Waals surface area contributed by atoms with Gasteiger partial charge in [0.25, 0.3) is 0 Å². The molecule has 0 amide bonds. The third kappa shape index (κ3) is 5.67. The third-order valence-corrected chi connectivity index (χ3v) is 1.89. The summed E-state index contributed by atoms with van der Waals surface area (Å²) in [6.45, 7) is 1.11. The van der Waals surface area contributed by atoms with Crippen molar-refractivity contribution in [3.8, 4) is 5.75 Å². The van der Waals surface area contributed by atoms with Gasteiger partial charge in [-0.3, -0.25) is 10.9 Å². The molecule has 0 saturated heterocycles.